The Hall–Kier alpha value is -2.31. The second-order valence-electron chi connectivity index (χ2n) is 5.76. The lowest BCUT2D eigenvalue weighted by molar-refractivity contribution is 0.598. The maximum Gasteiger partial charge on any atom is 0.282 e. The average molecular weight is 360 g/mol. The molecule has 1 aliphatic rings. The van der Waals surface area contributed by atoms with Gasteiger partial charge in [0.05, 0.1) is 6.33 Å². The molecular formula is C17H14ClN3O2S. The Labute approximate surface area is 145 Å². The number of aryl methyl sites for hydroxylation is 1. The van der Waals surface area contributed by atoms with Gasteiger partial charge in [0, 0.05) is 12.7 Å². The fourth-order valence-electron chi connectivity index (χ4n) is 2.99. The minimum atomic E-state index is -3.82. The predicted octanol–water partition coefficient (Wildman–Crippen LogP) is 3.45. The normalized spacial score (nSPS) is 12.8. The Morgan fingerprint density at radius 3 is 2.62 bits per heavy atom. The smallest absolute Gasteiger partial charge is 0.282 e. The van der Waals surface area contributed by atoms with Gasteiger partial charge in [-0.1, -0.05) is 41.9 Å². The average Bonchev–Trinajstić information content (AvgIpc) is 3.07. The van der Waals surface area contributed by atoms with Gasteiger partial charge in [0.1, 0.15) is 5.15 Å². The third-order valence-corrected chi connectivity index (χ3v) is 6.00. The van der Waals surface area contributed by atoms with Crippen LogP contribution >= 0.6 is 11.6 Å². The molecule has 4 rings (SSSR count). The molecule has 0 saturated carbocycles. The molecule has 0 spiro atoms. The van der Waals surface area contributed by atoms with Gasteiger partial charge in [-0.05, 0) is 40.8 Å². The van der Waals surface area contributed by atoms with E-state index in [2.05, 4.69) is 21.8 Å². The van der Waals surface area contributed by atoms with Gasteiger partial charge in [-0.2, -0.15) is 8.42 Å². The number of aromatic nitrogens is 2. The second kappa shape index (κ2) is 5.36. The highest BCUT2D eigenvalue weighted by Crippen LogP contribution is 2.37. The van der Waals surface area contributed by atoms with Crippen LogP contribution in [0.5, 0.6) is 0 Å². The molecule has 7 heteroatoms. The molecule has 1 aliphatic carbocycles. The highest BCUT2D eigenvalue weighted by molar-refractivity contribution is 7.92. The number of anilines is 1. The summed E-state index contributed by atoms with van der Waals surface area (Å²) in [6, 6.07) is 13.8. The van der Waals surface area contributed by atoms with Crippen molar-refractivity contribution in [2.45, 2.75) is 11.4 Å². The standard InChI is InChI=1S/C17H14ClN3O2S/c1-21-10-19-17(16(21)18)24(22,23)20-13-6-7-15-12(9-13)8-11-4-2-3-5-14(11)15/h2-7,9-10,20H,8H2,1H3. The van der Waals surface area contributed by atoms with E-state index in [1.54, 1.807) is 13.1 Å². The molecule has 0 fully saturated rings. The summed E-state index contributed by atoms with van der Waals surface area (Å²) in [6.07, 6.45) is 2.17. The van der Waals surface area contributed by atoms with Gasteiger partial charge in [0.15, 0.2) is 0 Å². The number of hydrogen-bond donors (Lipinski definition) is 1. The quantitative estimate of drug-likeness (QED) is 0.609. The fraction of sp³-hybridized carbons (Fsp3) is 0.118. The number of sulfonamides is 1. The molecule has 0 bridgehead atoms. The number of nitrogens with zero attached hydrogens (tertiary/aromatic N) is 2. The molecule has 1 N–H and O–H groups in total. The van der Waals surface area contributed by atoms with Crippen molar-refractivity contribution in [3.63, 3.8) is 0 Å². The molecule has 0 radical (unpaired) electrons. The van der Waals surface area contributed by atoms with Gasteiger partial charge < -0.3 is 4.57 Å². The largest absolute Gasteiger partial charge is 0.324 e. The molecule has 1 heterocycles. The van der Waals surface area contributed by atoms with E-state index < -0.39 is 10.0 Å². The third-order valence-electron chi connectivity index (χ3n) is 4.13. The van der Waals surface area contributed by atoms with Crippen LogP contribution in [0.4, 0.5) is 5.69 Å². The molecule has 5 nitrogen and oxygen atoms in total. The summed E-state index contributed by atoms with van der Waals surface area (Å²) >= 11 is 6.00. The van der Waals surface area contributed by atoms with Crippen LogP contribution in [0.2, 0.25) is 5.15 Å². The Morgan fingerprint density at radius 1 is 1.12 bits per heavy atom. The summed E-state index contributed by atoms with van der Waals surface area (Å²) in [5.41, 5.74) is 5.20. The van der Waals surface area contributed by atoms with Crippen molar-refractivity contribution in [1.29, 1.82) is 0 Å². The van der Waals surface area contributed by atoms with Crippen molar-refractivity contribution in [3.05, 3.63) is 65.1 Å². The lowest BCUT2D eigenvalue weighted by Gasteiger charge is -2.08. The van der Waals surface area contributed by atoms with E-state index in [-0.39, 0.29) is 10.2 Å². The number of fused-ring (bicyclic) bond motifs is 3. The minimum absolute atomic E-state index is 0.0797. The van der Waals surface area contributed by atoms with Crippen LogP contribution in [-0.4, -0.2) is 18.0 Å². The van der Waals surface area contributed by atoms with E-state index in [1.165, 1.54) is 22.0 Å². The SMILES string of the molecule is Cn1cnc(S(=O)(=O)Nc2ccc3c(c2)Cc2ccccc2-3)c1Cl. The van der Waals surface area contributed by atoms with E-state index in [1.807, 2.05) is 24.3 Å². The zero-order chi connectivity index (χ0) is 16.9. The van der Waals surface area contributed by atoms with Crippen molar-refractivity contribution in [2.75, 3.05) is 4.72 Å². The van der Waals surface area contributed by atoms with E-state index in [4.69, 9.17) is 11.6 Å². The summed E-state index contributed by atoms with van der Waals surface area (Å²) in [5.74, 6) is 0. The van der Waals surface area contributed by atoms with Crippen LogP contribution in [-0.2, 0) is 23.5 Å². The first-order chi connectivity index (χ1) is 11.5. The van der Waals surface area contributed by atoms with E-state index in [9.17, 15) is 8.42 Å². The summed E-state index contributed by atoms with van der Waals surface area (Å²) in [5, 5.41) is -0.0912. The van der Waals surface area contributed by atoms with Crippen LogP contribution in [0.15, 0.2) is 53.8 Å². The van der Waals surface area contributed by atoms with Crippen LogP contribution < -0.4 is 4.72 Å². The van der Waals surface area contributed by atoms with Crippen molar-refractivity contribution in [3.8, 4) is 11.1 Å². The highest BCUT2D eigenvalue weighted by Gasteiger charge is 2.24. The maximum absolute atomic E-state index is 12.5. The van der Waals surface area contributed by atoms with Crippen molar-refractivity contribution < 1.29 is 8.42 Å². The number of imidazole rings is 1. The van der Waals surface area contributed by atoms with Gasteiger partial charge in [-0.3, -0.25) is 4.72 Å². The third kappa shape index (κ3) is 2.39. The number of rotatable bonds is 3. The molecule has 1 aromatic heterocycles. The first-order valence-electron chi connectivity index (χ1n) is 7.36. The van der Waals surface area contributed by atoms with Crippen LogP contribution in [0, 0.1) is 0 Å². The minimum Gasteiger partial charge on any atom is -0.324 e. The second-order valence-corrected chi connectivity index (χ2v) is 7.72. The lowest BCUT2D eigenvalue weighted by atomic mass is 10.1. The number of nitrogens with one attached hydrogen (secondary N) is 1. The Kier molecular flexibility index (Phi) is 3.40. The van der Waals surface area contributed by atoms with Crippen LogP contribution in [0.25, 0.3) is 11.1 Å². The zero-order valence-corrected chi connectivity index (χ0v) is 14.4. The Morgan fingerprint density at radius 2 is 1.88 bits per heavy atom. The van der Waals surface area contributed by atoms with E-state index >= 15 is 0 Å². The summed E-state index contributed by atoms with van der Waals surface area (Å²) < 4.78 is 29.0. The topological polar surface area (TPSA) is 64.0 Å². The van der Waals surface area contributed by atoms with Crippen LogP contribution in [0.1, 0.15) is 11.1 Å². The fourth-order valence-corrected chi connectivity index (χ4v) is 4.47. The van der Waals surface area contributed by atoms with Gasteiger partial charge in [0.2, 0.25) is 5.03 Å². The van der Waals surface area contributed by atoms with E-state index in [0.717, 1.165) is 17.5 Å². The Balaban J connectivity index is 1.68. The summed E-state index contributed by atoms with van der Waals surface area (Å²) in [4.78, 5) is 3.87. The first-order valence-corrected chi connectivity index (χ1v) is 9.23. The van der Waals surface area contributed by atoms with Gasteiger partial charge >= 0.3 is 0 Å². The van der Waals surface area contributed by atoms with Crippen molar-refractivity contribution >= 4 is 27.3 Å². The summed E-state index contributed by atoms with van der Waals surface area (Å²) in [7, 11) is -2.18. The number of benzene rings is 2. The monoisotopic (exact) mass is 359 g/mol. The molecule has 2 aromatic carbocycles. The number of halogens is 1. The van der Waals surface area contributed by atoms with E-state index in [0.29, 0.717) is 5.69 Å². The summed E-state index contributed by atoms with van der Waals surface area (Å²) in [6.45, 7) is 0. The molecule has 122 valence electrons. The van der Waals surface area contributed by atoms with Crippen LogP contribution in [0.3, 0.4) is 0 Å². The van der Waals surface area contributed by atoms with Gasteiger partial charge in [0.25, 0.3) is 10.0 Å². The van der Waals surface area contributed by atoms with Gasteiger partial charge in [-0.25, -0.2) is 4.98 Å². The predicted molar refractivity (Wildman–Crippen MR) is 93.7 cm³/mol. The molecular weight excluding hydrogens is 346 g/mol. The molecule has 0 saturated heterocycles. The van der Waals surface area contributed by atoms with Gasteiger partial charge in [-0.15, -0.1) is 0 Å². The lowest BCUT2D eigenvalue weighted by Crippen LogP contribution is -2.14. The molecule has 24 heavy (non-hydrogen) atoms. The molecule has 0 aliphatic heterocycles. The zero-order valence-electron chi connectivity index (χ0n) is 12.8. The molecule has 0 atom stereocenters. The maximum atomic E-state index is 12.5. The molecule has 3 aromatic rings. The highest BCUT2D eigenvalue weighted by atomic mass is 35.5. The number of hydrogen-bond acceptors (Lipinski definition) is 3. The Bertz CT molecular complexity index is 1060. The first kappa shape index (κ1) is 15.2. The molecule has 0 amide bonds. The van der Waals surface area contributed by atoms with Crippen molar-refractivity contribution in [1.82, 2.24) is 9.55 Å². The molecule has 0 unspecified atom stereocenters. The van der Waals surface area contributed by atoms with Crippen molar-refractivity contribution in [2.24, 2.45) is 7.05 Å².